The average Bonchev–Trinajstić information content (AvgIpc) is 3.33. The largest absolute Gasteiger partial charge is 0.479 e. The van der Waals surface area contributed by atoms with Gasteiger partial charge < -0.3 is 39.0 Å². The van der Waals surface area contributed by atoms with Gasteiger partial charge in [0.2, 0.25) is 0 Å². The summed E-state index contributed by atoms with van der Waals surface area (Å²) in [6.07, 6.45) is 40.0. The fraction of sp³-hybridized carbons (Fsp3) is 0.825. The molecule has 0 bridgehead atoms. The number of carbonyl (C=O) groups is 4. The Labute approximate surface area is 419 Å². The number of aliphatic hydroxyl groups excluding tert-OH is 2. The maximum atomic E-state index is 13.0. The smallest absolute Gasteiger partial charge is 0.335 e. The predicted octanol–water partition coefficient (Wildman–Crippen LogP) is 13.7. The van der Waals surface area contributed by atoms with Gasteiger partial charge in [0.05, 0.1) is 6.61 Å². The highest BCUT2D eigenvalue weighted by Crippen LogP contribution is 2.26. The molecule has 1 rings (SSSR count). The quantitative estimate of drug-likeness (QED) is 0.0228. The second-order valence-corrected chi connectivity index (χ2v) is 19.2. The van der Waals surface area contributed by atoms with E-state index in [-0.39, 0.29) is 25.9 Å². The van der Waals surface area contributed by atoms with Crippen molar-refractivity contribution in [1.29, 1.82) is 0 Å². The number of aliphatic hydroxyl groups is 2. The molecular formula is C57H100O12. The van der Waals surface area contributed by atoms with Crippen molar-refractivity contribution in [3.8, 4) is 0 Å². The van der Waals surface area contributed by atoms with Crippen LogP contribution in [0.1, 0.15) is 252 Å². The Bertz CT molecular complexity index is 1350. The molecule has 3 N–H and O–H groups in total. The van der Waals surface area contributed by atoms with Crippen LogP contribution in [0.3, 0.4) is 0 Å². The highest BCUT2D eigenvalue weighted by Gasteiger charge is 2.50. The molecule has 0 amide bonds. The monoisotopic (exact) mass is 977 g/mol. The van der Waals surface area contributed by atoms with E-state index in [2.05, 4.69) is 57.2 Å². The van der Waals surface area contributed by atoms with E-state index in [9.17, 15) is 34.5 Å². The number of rotatable bonds is 47. The van der Waals surface area contributed by atoms with Gasteiger partial charge in [-0.1, -0.05) is 198 Å². The lowest BCUT2D eigenvalue weighted by molar-refractivity contribution is -0.301. The van der Waals surface area contributed by atoms with E-state index in [1.54, 1.807) is 0 Å². The Morgan fingerprint density at radius 3 is 1.39 bits per heavy atom. The van der Waals surface area contributed by atoms with Crippen molar-refractivity contribution in [2.24, 2.45) is 0 Å². The molecular weight excluding hydrogens is 877 g/mol. The maximum absolute atomic E-state index is 13.0. The number of carboxylic acid groups (broad SMARTS) is 1. The molecule has 400 valence electrons. The lowest BCUT2D eigenvalue weighted by atomic mass is 9.98. The Balaban J connectivity index is 2.64. The molecule has 1 fully saturated rings. The molecule has 0 aliphatic carbocycles. The van der Waals surface area contributed by atoms with Crippen LogP contribution in [0.25, 0.3) is 0 Å². The molecule has 6 atom stereocenters. The SMILES string of the molecule is CCCC/C=C\CCCCCCCC(=O)OC1C(OCC(COC(=O)CCCCCCCCCCC/C=C\C/C=C\CCCCC)OC(=O)CCCCCCCCCCC)OC(C(=O)O)C(O)C1O. The number of unbranched alkanes of at least 4 members (excludes halogenated alkanes) is 27. The lowest BCUT2D eigenvalue weighted by Gasteiger charge is -2.40. The van der Waals surface area contributed by atoms with E-state index in [1.807, 2.05) is 0 Å². The zero-order valence-corrected chi connectivity index (χ0v) is 43.8. The minimum Gasteiger partial charge on any atom is -0.479 e. The standard InChI is InChI=1S/C57H100O12/c1-4-7-10-13-16-19-21-22-23-24-25-26-27-28-30-32-34-37-40-43-49(58)65-46-48(67-50(59)44-41-38-35-31-18-15-12-9-6-3)47-66-57-55(53(62)52(61)54(69-57)56(63)64)68-51(60)45-42-39-36-33-29-20-17-14-11-8-5-2/h14,16-17,19,22-23,48,52-55,57,61-62H,4-13,15,18,20-21,24-47H2,1-3H3,(H,63,64)/b17-14-,19-16-,23-22-. The van der Waals surface area contributed by atoms with Gasteiger partial charge in [-0.15, -0.1) is 0 Å². The summed E-state index contributed by atoms with van der Waals surface area (Å²) < 4.78 is 28.3. The van der Waals surface area contributed by atoms with E-state index >= 15 is 0 Å². The highest BCUT2D eigenvalue weighted by atomic mass is 16.7. The van der Waals surface area contributed by atoms with Crippen LogP contribution in [0, 0.1) is 0 Å². The van der Waals surface area contributed by atoms with Crippen LogP contribution < -0.4 is 0 Å². The molecule has 0 aromatic heterocycles. The molecule has 0 saturated carbocycles. The summed E-state index contributed by atoms with van der Waals surface area (Å²) in [5.41, 5.74) is 0. The molecule has 1 aliphatic heterocycles. The number of hydrogen-bond donors (Lipinski definition) is 3. The van der Waals surface area contributed by atoms with Crippen LogP contribution in [-0.2, 0) is 42.9 Å². The fourth-order valence-corrected chi connectivity index (χ4v) is 8.32. The molecule has 6 unspecified atom stereocenters. The lowest BCUT2D eigenvalue weighted by Crippen LogP contribution is -2.61. The van der Waals surface area contributed by atoms with Gasteiger partial charge in [-0.2, -0.15) is 0 Å². The third kappa shape index (κ3) is 36.5. The van der Waals surface area contributed by atoms with Crippen molar-refractivity contribution in [3.05, 3.63) is 36.5 Å². The second kappa shape index (κ2) is 46.0. The van der Waals surface area contributed by atoms with Gasteiger partial charge in [-0.25, -0.2) is 4.79 Å². The van der Waals surface area contributed by atoms with E-state index in [4.69, 9.17) is 23.7 Å². The van der Waals surface area contributed by atoms with Gasteiger partial charge in [-0.05, 0) is 70.6 Å². The van der Waals surface area contributed by atoms with Gasteiger partial charge in [0.15, 0.2) is 24.6 Å². The molecule has 1 saturated heterocycles. The van der Waals surface area contributed by atoms with Crippen molar-refractivity contribution in [2.45, 2.75) is 289 Å². The third-order valence-corrected chi connectivity index (χ3v) is 12.7. The molecule has 0 spiro atoms. The van der Waals surface area contributed by atoms with Crippen LogP contribution in [-0.4, -0.2) is 89.2 Å². The average molecular weight is 977 g/mol. The fourth-order valence-electron chi connectivity index (χ4n) is 8.32. The van der Waals surface area contributed by atoms with E-state index in [0.717, 1.165) is 89.9 Å². The van der Waals surface area contributed by atoms with Crippen molar-refractivity contribution in [2.75, 3.05) is 13.2 Å². The van der Waals surface area contributed by atoms with Gasteiger partial charge in [0.1, 0.15) is 18.8 Å². The number of carboxylic acids is 1. The van der Waals surface area contributed by atoms with Crippen LogP contribution in [0.4, 0.5) is 0 Å². The Kier molecular flexibility index (Phi) is 42.7. The van der Waals surface area contributed by atoms with E-state index in [1.165, 1.54) is 103 Å². The number of ether oxygens (including phenoxy) is 5. The summed E-state index contributed by atoms with van der Waals surface area (Å²) >= 11 is 0. The molecule has 0 aromatic carbocycles. The first-order chi connectivity index (χ1) is 33.6. The summed E-state index contributed by atoms with van der Waals surface area (Å²) in [6, 6.07) is 0. The number of aliphatic carboxylic acids is 1. The van der Waals surface area contributed by atoms with Gasteiger partial charge in [0, 0.05) is 19.3 Å². The summed E-state index contributed by atoms with van der Waals surface area (Å²) in [5.74, 6) is -3.12. The van der Waals surface area contributed by atoms with E-state index in [0.29, 0.717) is 19.3 Å². The number of carbonyl (C=O) groups excluding carboxylic acids is 3. The van der Waals surface area contributed by atoms with Crippen molar-refractivity contribution in [3.63, 3.8) is 0 Å². The summed E-state index contributed by atoms with van der Waals surface area (Å²) in [5, 5.41) is 31.3. The minimum atomic E-state index is -1.90. The Hall–Kier alpha value is -3.06. The topological polar surface area (TPSA) is 175 Å². The number of hydrogen-bond acceptors (Lipinski definition) is 11. The Morgan fingerprint density at radius 1 is 0.478 bits per heavy atom. The molecule has 69 heavy (non-hydrogen) atoms. The normalized spacial score (nSPS) is 18.9. The summed E-state index contributed by atoms with van der Waals surface area (Å²) in [4.78, 5) is 50.8. The molecule has 12 heteroatoms. The van der Waals surface area contributed by atoms with Gasteiger partial charge >= 0.3 is 23.9 Å². The van der Waals surface area contributed by atoms with Crippen molar-refractivity contribution in [1.82, 2.24) is 0 Å². The second-order valence-electron chi connectivity index (χ2n) is 19.2. The predicted molar refractivity (Wildman–Crippen MR) is 276 cm³/mol. The van der Waals surface area contributed by atoms with Gasteiger partial charge in [0.25, 0.3) is 0 Å². The van der Waals surface area contributed by atoms with Gasteiger partial charge in [-0.3, -0.25) is 14.4 Å². The first kappa shape index (κ1) is 64.0. The first-order valence-electron chi connectivity index (χ1n) is 28.0. The number of allylic oxidation sites excluding steroid dienone is 6. The molecule has 1 heterocycles. The van der Waals surface area contributed by atoms with Crippen LogP contribution in [0.15, 0.2) is 36.5 Å². The van der Waals surface area contributed by atoms with Crippen molar-refractivity contribution >= 4 is 23.9 Å². The third-order valence-electron chi connectivity index (χ3n) is 12.7. The maximum Gasteiger partial charge on any atom is 0.335 e. The minimum absolute atomic E-state index is 0.0522. The van der Waals surface area contributed by atoms with Crippen LogP contribution in [0.2, 0.25) is 0 Å². The zero-order chi connectivity index (χ0) is 50.4. The highest BCUT2D eigenvalue weighted by molar-refractivity contribution is 5.74. The zero-order valence-electron chi connectivity index (χ0n) is 43.8. The molecule has 0 aromatic rings. The Morgan fingerprint density at radius 2 is 0.884 bits per heavy atom. The van der Waals surface area contributed by atoms with Crippen LogP contribution in [0.5, 0.6) is 0 Å². The number of esters is 3. The first-order valence-corrected chi connectivity index (χ1v) is 28.0. The molecule has 1 aliphatic rings. The summed E-state index contributed by atoms with van der Waals surface area (Å²) in [6.45, 7) is 5.89. The van der Waals surface area contributed by atoms with Crippen molar-refractivity contribution < 1.29 is 58.2 Å². The molecule has 0 radical (unpaired) electrons. The molecule has 12 nitrogen and oxygen atoms in total. The van der Waals surface area contributed by atoms with Crippen LogP contribution >= 0.6 is 0 Å². The van der Waals surface area contributed by atoms with E-state index < -0.39 is 67.3 Å². The summed E-state index contributed by atoms with van der Waals surface area (Å²) in [7, 11) is 0.